The van der Waals surface area contributed by atoms with Crippen LogP contribution in [0.1, 0.15) is 59.0 Å². The summed E-state index contributed by atoms with van der Waals surface area (Å²) in [6.07, 6.45) is 0.454. The first-order chi connectivity index (χ1) is 16.0. The van der Waals surface area contributed by atoms with E-state index in [2.05, 4.69) is 21.5 Å². The van der Waals surface area contributed by atoms with Crippen molar-refractivity contribution in [2.24, 2.45) is 5.92 Å². The van der Waals surface area contributed by atoms with Crippen LogP contribution in [0.4, 0.5) is 13.2 Å². The molecule has 1 amide bonds. The zero-order chi connectivity index (χ0) is 24.6. The number of benzene rings is 1. The molecule has 1 aromatic carbocycles. The first kappa shape index (κ1) is 24.4. The van der Waals surface area contributed by atoms with Gasteiger partial charge in [0.25, 0.3) is 5.91 Å². The van der Waals surface area contributed by atoms with E-state index < -0.39 is 17.6 Å². The first-order valence-corrected chi connectivity index (χ1v) is 11.7. The van der Waals surface area contributed by atoms with Crippen LogP contribution < -0.4 is 0 Å². The van der Waals surface area contributed by atoms with Crippen LogP contribution in [0.2, 0.25) is 0 Å². The molecule has 2 fully saturated rings. The predicted molar refractivity (Wildman–Crippen MR) is 121 cm³/mol. The van der Waals surface area contributed by atoms with E-state index in [0.717, 1.165) is 55.9 Å². The fourth-order valence-electron chi connectivity index (χ4n) is 5.17. The van der Waals surface area contributed by atoms with Crippen molar-refractivity contribution in [2.75, 3.05) is 27.2 Å². The number of carbonyl (C=O) groups excluding carboxylic acids is 2. The van der Waals surface area contributed by atoms with Gasteiger partial charge in [0, 0.05) is 49.8 Å². The van der Waals surface area contributed by atoms with Crippen molar-refractivity contribution in [1.29, 1.82) is 0 Å². The van der Waals surface area contributed by atoms with E-state index in [1.54, 1.807) is 7.05 Å². The van der Waals surface area contributed by atoms with Gasteiger partial charge in [0.15, 0.2) is 0 Å². The quantitative estimate of drug-likeness (QED) is 0.629. The molecule has 0 unspecified atom stereocenters. The molecule has 0 spiro atoms. The number of halogens is 3. The molecule has 0 N–H and O–H groups in total. The lowest BCUT2D eigenvalue weighted by Gasteiger charge is -2.38. The van der Waals surface area contributed by atoms with Gasteiger partial charge in [0.05, 0.1) is 23.6 Å². The van der Waals surface area contributed by atoms with Gasteiger partial charge >= 0.3 is 6.18 Å². The lowest BCUT2D eigenvalue weighted by atomic mass is 9.81. The maximum atomic E-state index is 13.2. The van der Waals surface area contributed by atoms with E-state index >= 15 is 0 Å². The molecule has 2 atom stereocenters. The number of imidazole rings is 1. The predicted octanol–water partition coefficient (Wildman–Crippen LogP) is 4.14. The van der Waals surface area contributed by atoms with Crippen molar-refractivity contribution in [2.45, 2.75) is 57.3 Å². The number of aromatic nitrogens is 2. The number of rotatable bonds is 6. The zero-order valence-electron chi connectivity index (χ0n) is 19.8. The number of aryl methyl sites for hydroxylation is 1. The third kappa shape index (κ3) is 5.04. The van der Waals surface area contributed by atoms with Crippen molar-refractivity contribution < 1.29 is 22.8 Å². The highest BCUT2D eigenvalue weighted by Gasteiger charge is 2.35. The number of likely N-dealkylation sites (N-methyl/N-ethyl adjacent to an activating group) is 1. The highest BCUT2D eigenvalue weighted by Crippen LogP contribution is 2.32. The molecule has 34 heavy (non-hydrogen) atoms. The number of Topliss-reactive ketones (excluding diaryl/α,β-unsaturated/α-hetero) is 1. The normalized spacial score (nSPS) is 21.8. The van der Waals surface area contributed by atoms with Crippen LogP contribution in [-0.4, -0.2) is 64.3 Å². The van der Waals surface area contributed by atoms with E-state index in [9.17, 15) is 22.8 Å². The van der Waals surface area contributed by atoms with Crippen LogP contribution in [0.15, 0.2) is 30.6 Å². The Kier molecular flexibility index (Phi) is 6.85. The van der Waals surface area contributed by atoms with E-state index in [1.165, 1.54) is 17.0 Å². The Morgan fingerprint density at radius 2 is 1.94 bits per heavy atom. The summed E-state index contributed by atoms with van der Waals surface area (Å²) in [5.41, 5.74) is 0.995. The molecule has 1 aliphatic carbocycles. The zero-order valence-corrected chi connectivity index (χ0v) is 19.8. The van der Waals surface area contributed by atoms with E-state index in [0.29, 0.717) is 18.9 Å². The summed E-state index contributed by atoms with van der Waals surface area (Å²) in [5, 5.41) is 0. The van der Waals surface area contributed by atoms with Crippen molar-refractivity contribution in [3.05, 3.63) is 53.1 Å². The summed E-state index contributed by atoms with van der Waals surface area (Å²) in [6.45, 7) is 3.79. The topological polar surface area (TPSA) is 58.4 Å². The number of likely N-dealkylation sites (tertiary alicyclic amines) is 1. The van der Waals surface area contributed by atoms with E-state index in [-0.39, 0.29) is 23.3 Å². The van der Waals surface area contributed by atoms with Gasteiger partial charge in [0.2, 0.25) is 0 Å². The van der Waals surface area contributed by atoms with Gasteiger partial charge < -0.3 is 14.4 Å². The number of carbonyl (C=O) groups is 2. The third-order valence-electron chi connectivity index (χ3n) is 7.29. The second-order valence-electron chi connectivity index (χ2n) is 9.71. The fourth-order valence-corrected chi connectivity index (χ4v) is 5.17. The van der Waals surface area contributed by atoms with Crippen molar-refractivity contribution in [1.82, 2.24) is 19.4 Å². The molecule has 6 nitrogen and oxygen atoms in total. The monoisotopic (exact) mass is 476 g/mol. The Balaban J connectivity index is 1.42. The molecule has 2 heterocycles. The maximum Gasteiger partial charge on any atom is 0.416 e. The average molecular weight is 477 g/mol. The fraction of sp³-hybridized carbons (Fsp3) is 0.560. The van der Waals surface area contributed by atoms with Crippen molar-refractivity contribution in [3.8, 4) is 0 Å². The standard InChI is InChI=1S/C25H31F3N4O2/c1-16-22(32(15-29-16)21-13-30(2)14-21)12-23(33)17-6-5-9-20(11-17)31(3)24(34)18-7-4-8-19(10-18)25(26,27)28/h4,7-8,10,15,17,20-21H,5-6,9,11-14H2,1-3H3/t17-,20+/m0/s1. The van der Waals surface area contributed by atoms with Gasteiger partial charge in [-0.3, -0.25) is 9.59 Å². The Morgan fingerprint density at radius 1 is 1.21 bits per heavy atom. The summed E-state index contributed by atoms with van der Waals surface area (Å²) in [5.74, 6) is -0.489. The minimum absolute atomic E-state index is 0.00997. The van der Waals surface area contributed by atoms with Crippen LogP contribution in [0.25, 0.3) is 0 Å². The lowest BCUT2D eigenvalue weighted by molar-refractivity contribution is -0.137. The highest BCUT2D eigenvalue weighted by molar-refractivity contribution is 5.94. The smallest absolute Gasteiger partial charge is 0.339 e. The molecule has 1 aromatic heterocycles. The minimum atomic E-state index is -4.50. The molecule has 1 saturated heterocycles. The van der Waals surface area contributed by atoms with Crippen LogP contribution in [-0.2, 0) is 17.4 Å². The number of amides is 1. The maximum absolute atomic E-state index is 13.2. The van der Waals surface area contributed by atoms with Crippen LogP contribution >= 0.6 is 0 Å². The molecule has 0 bridgehead atoms. The molecule has 2 aromatic rings. The van der Waals surface area contributed by atoms with Gasteiger partial charge in [-0.1, -0.05) is 12.5 Å². The van der Waals surface area contributed by atoms with Gasteiger partial charge in [-0.2, -0.15) is 13.2 Å². The summed E-state index contributed by atoms with van der Waals surface area (Å²) in [6, 6.07) is 4.66. The van der Waals surface area contributed by atoms with Crippen molar-refractivity contribution >= 4 is 11.7 Å². The van der Waals surface area contributed by atoms with E-state index in [1.807, 2.05) is 13.3 Å². The van der Waals surface area contributed by atoms with Gasteiger partial charge in [-0.25, -0.2) is 4.98 Å². The van der Waals surface area contributed by atoms with Crippen LogP contribution in [0, 0.1) is 12.8 Å². The summed E-state index contributed by atoms with van der Waals surface area (Å²) in [7, 11) is 3.68. The minimum Gasteiger partial charge on any atom is -0.339 e. The average Bonchev–Trinajstić information content (AvgIpc) is 3.15. The van der Waals surface area contributed by atoms with Gasteiger partial charge in [-0.15, -0.1) is 0 Å². The number of alkyl halides is 3. The summed E-state index contributed by atoms with van der Waals surface area (Å²) >= 11 is 0. The highest BCUT2D eigenvalue weighted by atomic mass is 19.4. The molecule has 0 radical (unpaired) electrons. The molecular formula is C25H31F3N4O2. The van der Waals surface area contributed by atoms with Crippen LogP contribution in [0.3, 0.4) is 0 Å². The molecule has 1 aliphatic heterocycles. The van der Waals surface area contributed by atoms with Crippen LogP contribution in [0.5, 0.6) is 0 Å². The largest absolute Gasteiger partial charge is 0.416 e. The summed E-state index contributed by atoms with van der Waals surface area (Å²) in [4.78, 5) is 34.3. The number of hydrogen-bond acceptors (Lipinski definition) is 4. The third-order valence-corrected chi connectivity index (χ3v) is 7.29. The molecule has 4 rings (SSSR count). The first-order valence-electron chi connectivity index (χ1n) is 11.7. The molecule has 9 heteroatoms. The molecule has 2 aliphatic rings. The Hall–Kier alpha value is -2.68. The Labute approximate surface area is 197 Å². The number of hydrogen-bond donors (Lipinski definition) is 0. The number of nitrogens with zero attached hydrogens (tertiary/aromatic N) is 4. The summed E-state index contributed by atoms with van der Waals surface area (Å²) < 4.78 is 41.3. The Bertz CT molecular complexity index is 1060. The van der Waals surface area contributed by atoms with E-state index in [4.69, 9.17) is 0 Å². The molecule has 184 valence electrons. The SMILES string of the molecule is Cc1ncn(C2CN(C)C2)c1CC(=O)[C@H]1CCC[C@@H](N(C)C(=O)c2cccc(C(F)(F)F)c2)C1. The van der Waals surface area contributed by atoms with Crippen molar-refractivity contribution in [3.63, 3.8) is 0 Å². The number of ketones is 1. The molecular weight excluding hydrogens is 445 g/mol. The second-order valence-corrected chi connectivity index (χ2v) is 9.71. The Morgan fingerprint density at radius 3 is 2.62 bits per heavy atom. The second kappa shape index (κ2) is 9.52. The van der Waals surface area contributed by atoms with Gasteiger partial charge in [0.1, 0.15) is 5.78 Å². The lowest BCUT2D eigenvalue weighted by Crippen LogP contribution is -2.45. The molecule has 1 saturated carbocycles. The van der Waals surface area contributed by atoms with Gasteiger partial charge in [-0.05, 0) is 51.4 Å².